The molecular formula is C27H28F5N5O3. The Morgan fingerprint density at radius 3 is 2.40 bits per heavy atom. The largest absolute Gasteiger partial charge is 0.618 e. The van der Waals surface area contributed by atoms with Crippen LogP contribution in [0.15, 0.2) is 48.8 Å². The molecule has 0 spiro atoms. The van der Waals surface area contributed by atoms with Crippen molar-refractivity contribution >= 4 is 17.5 Å². The van der Waals surface area contributed by atoms with E-state index in [-0.39, 0.29) is 41.0 Å². The number of anilines is 1. The molecule has 2 amide bonds. The number of aromatic nitrogens is 3. The molecule has 0 radical (unpaired) electrons. The summed E-state index contributed by atoms with van der Waals surface area (Å²) in [6, 6.07) is 6.45. The number of pyridine rings is 1. The third kappa shape index (κ3) is 6.23. The van der Waals surface area contributed by atoms with Gasteiger partial charge in [0.2, 0.25) is 11.8 Å². The van der Waals surface area contributed by atoms with E-state index in [0.717, 1.165) is 6.20 Å². The maximum atomic E-state index is 13.8. The van der Waals surface area contributed by atoms with E-state index >= 15 is 0 Å². The Bertz CT molecular complexity index is 1380. The molecule has 0 aliphatic heterocycles. The molecule has 1 atom stereocenters. The standard InChI is InChI=1S/C27H28F5N5O3/c1-3-36-21(10-14-33-36)24(38)35-23(18-8-12-26(28,29)13-9-18)25(39)34-19-6-4-17(5-7-19)22-16(2)37(40)15-11-20(22)27(30,31)32/h4-7,10-11,14-15,18,23H,3,8-9,12-13H2,1-2H3,(H,34,39)(H,35,38)/t23-/m0/s1. The summed E-state index contributed by atoms with van der Waals surface area (Å²) < 4.78 is 70.2. The molecule has 214 valence electrons. The first-order valence-electron chi connectivity index (χ1n) is 12.7. The van der Waals surface area contributed by atoms with Gasteiger partial charge in [-0.15, -0.1) is 0 Å². The number of benzene rings is 1. The van der Waals surface area contributed by atoms with Gasteiger partial charge in [0.05, 0.1) is 11.1 Å². The van der Waals surface area contributed by atoms with Crippen molar-refractivity contribution in [3.8, 4) is 11.1 Å². The molecule has 1 aliphatic carbocycles. The third-order valence-electron chi connectivity index (χ3n) is 7.14. The summed E-state index contributed by atoms with van der Waals surface area (Å²) >= 11 is 0. The average molecular weight is 566 g/mol. The quantitative estimate of drug-likeness (QED) is 0.237. The number of halogens is 5. The first-order valence-corrected chi connectivity index (χ1v) is 12.7. The summed E-state index contributed by atoms with van der Waals surface area (Å²) in [5.74, 6) is -4.64. The number of rotatable bonds is 7. The van der Waals surface area contributed by atoms with Crippen molar-refractivity contribution in [2.75, 3.05) is 5.32 Å². The van der Waals surface area contributed by atoms with Crippen LogP contribution in [0.5, 0.6) is 0 Å². The van der Waals surface area contributed by atoms with Gasteiger partial charge in [-0.3, -0.25) is 14.3 Å². The van der Waals surface area contributed by atoms with Crippen molar-refractivity contribution in [3.63, 3.8) is 0 Å². The van der Waals surface area contributed by atoms with Gasteiger partial charge >= 0.3 is 6.18 Å². The van der Waals surface area contributed by atoms with Crippen LogP contribution in [0.3, 0.4) is 0 Å². The van der Waals surface area contributed by atoms with Crippen LogP contribution in [0.1, 0.15) is 54.4 Å². The Balaban J connectivity index is 1.58. The number of carbonyl (C=O) groups excluding carboxylic acids is 2. The second-order valence-electron chi connectivity index (χ2n) is 9.76. The Kier molecular flexibility index (Phi) is 8.13. The highest BCUT2D eigenvalue weighted by Gasteiger charge is 2.41. The molecule has 1 aliphatic rings. The number of nitrogens with zero attached hydrogens (tertiary/aromatic N) is 3. The molecule has 2 N–H and O–H groups in total. The SMILES string of the molecule is CCn1nccc1C(=O)N[C@H](C(=O)Nc1ccc(-c2c(C(F)(F)F)cc[n+]([O-])c2C)cc1)C1CCC(F)(F)CC1. The lowest BCUT2D eigenvalue weighted by molar-refractivity contribution is -0.611. The summed E-state index contributed by atoms with van der Waals surface area (Å²) in [5.41, 5.74) is -0.874. The van der Waals surface area contributed by atoms with Crippen molar-refractivity contribution in [2.45, 2.75) is 64.2 Å². The van der Waals surface area contributed by atoms with Gasteiger partial charge in [0, 0.05) is 44.3 Å². The molecule has 8 nitrogen and oxygen atoms in total. The Morgan fingerprint density at radius 1 is 1.15 bits per heavy atom. The Labute approximate surface area is 226 Å². The Hall–Kier alpha value is -4.03. The highest BCUT2D eigenvalue weighted by Crippen LogP contribution is 2.39. The zero-order valence-electron chi connectivity index (χ0n) is 21.8. The molecule has 3 aromatic rings. The molecule has 2 aromatic heterocycles. The van der Waals surface area contributed by atoms with Gasteiger partial charge in [-0.25, -0.2) is 8.78 Å². The van der Waals surface area contributed by atoms with Crippen molar-refractivity contribution in [3.05, 3.63) is 71.0 Å². The zero-order chi connectivity index (χ0) is 29.2. The van der Waals surface area contributed by atoms with Crippen LogP contribution in [0.4, 0.5) is 27.6 Å². The van der Waals surface area contributed by atoms with Gasteiger partial charge in [0.25, 0.3) is 5.91 Å². The minimum atomic E-state index is -4.70. The highest BCUT2D eigenvalue weighted by molar-refractivity contribution is 6.00. The number of hydrogen-bond donors (Lipinski definition) is 2. The molecule has 1 fully saturated rings. The van der Waals surface area contributed by atoms with Gasteiger partial charge < -0.3 is 15.8 Å². The molecule has 0 saturated heterocycles. The fourth-order valence-electron chi connectivity index (χ4n) is 4.97. The topological polar surface area (TPSA) is 103 Å². The summed E-state index contributed by atoms with van der Waals surface area (Å²) in [7, 11) is 0. The van der Waals surface area contributed by atoms with E-state index in [2.05, 4.69) is 15.7 Å². The van der Waals surface area contributed by atoms with E-state index in [1.165, 1.54) is 48.1 Å². The first-order chi connectivity index (χ1) is 18.8. The molecule has 0 unspecified atom stereocenters. The molecular weight excluding hydrogens is 537 g/mol. The van der Waals surface area contributed by atoms with Crippen LogP contribution in [0.2, 0.25) is 0 Å². The van der Waals surface area contributed by atoms with E-state index < -0.39 is 54.3 Å². The summed E-state index contributed by atoms with van der Waals surface area (Å²) in [5, 5.41) is 21.3. The van der Waals surface area contributed by atoms with Crippen LogP contribution >= 0.6 is 0 Å². The lowest BCUT2D eigenvalue weighted by Crippen LogP contribution is -2.50. The lowest BCUT2D eigenvalue weighted by Gasteiger charge is -2.33. The predicted octanol–water partition coefficient (Wildman–Crippen LogP) is 5.09. The van der Waals surface area contributed by atoms with E-state index in [1.807, 2.05) is 0 Å². The van der Waals surface area contributed by atoms with Crippen LogP contribution < -0.4 is 15.4 Å². The predicted molar refractivity (Wildman–Crippen MR) is 135 cm³/mol. The summed E-state index contributed by atoms with van der Waals surface area (Å²) in [6.45, 7) is 3.46. The van der Waals surface area contributed by atoms with Gasteiger partial charge in [-0.05, 0) is 49.4 Å². The molecule has 40 heavy (non-hydrogen) atoms. The number of hydrogen-bond acceptors (Lipinski definition) is 4. The van der Waals surface area contributed by atoms with Crippen molar-refractivity contribution in [1.29, 1.82) is 0 Å². The average Bonchev–Trinajstić information content (AvgIpc) is 3.38. The molecule has 1 aromatic carbocycles. The minimum absolute atomic E-state index is 0.0139. The maximum absolute atomic E-state index is 13.8. The first kappa shape index (κ1) is 29.0. The van der Waals surface area contributed by atoms with Gasteiger partial charge in [-0.1, -0.05) is 12.1 Å². The maximum Gasteiger partial charge on any atom is 0.417 e. The molecule has 13 heteroatoms. The van der Waals surface area contributed by atoms with E-state index in [0.29, 0.717) is 17.3 Å². The fraction of sp³-hybridized carbons (Fsp3) is 0.407. The number of alkyl halides is 5. The van der Waals surface area contributed by atoms with Crippen LogP contribution in [0, 0.1) is 18.0 Å². The van der Waals surface area contributed by atoms with Gasteiger partial charge in [-0.2, -0.15) is 23.0 Å². The normalized spacial score (nSPS) is 16.4. The number of nitrogens with one attached hydrogen (secondary N) is 2. The Morgan fingerprint density at radius 2 is 1.80 bits per heavy atom. The fourth-order valence-corrected chi connectivity index (χ4v) is 4.97. The lowest BCUT2D eigenvalue weighted by atomic mass is 9.81. The molecule has 2 heterocycles. The number of carbonyl (C=O) groups is 2. The van der Waals surface area contributed by atoms with E-state index in [4.69, 9.17) is 0 Å². The second kappa shape index (κ2) is 11.2. The number of aryl methyl sites for hydroxylation is 1. The summed E-state index contributed by atoms with van der Waals surface area (Å²) in [6.07, 6.45) is -3.29. The summed E-state index contributed by atoms with van der Waals surface area (Å²) in [4.78, 5) is 26.3. The van der Waals surface area contributed by atoms with E-state index in [9.17, 15) is 36.7 Å². The minimum Gasteiger partial charge on any atom is -0.618 e. The van der Waals surface area contributed by atoms with Crippen molar-refractivity contribution in [1.82, 2.24) is 15.1 Å². The van der Waals surface area contributed by atoms with Crippen LogP contribution in [-0.2, 0) is 17.5 Å². The smallest absolute Gasteiger partial charge is 0.417 e. The highest BCUT2D eigenvalue weighted by atomic mass is 19.4. The zero-order valence-corrected chi connectivity index (χ0v) is 21.8. The van der Waals surface area contributed by atoms with Crippen molar-refractivity contribution in [2.24, 2.45) is 5.92 Å². The number of amides is 2. The monoisotopic (exact) mass is 565 g/mol. The van der Waals surface area contributed by atoms with Gasteiger partial charge in [0.1, 0.15) is 11.7 Å². The second-order valence-corrected chi connectivity index (χ2v) is 9.76. The van der Waals surface area contributed by atoms with E-state index in [1.54, 1.807) is 6.92 Å². The molecule has 0 bridgehead atoms. The van der Waals surface area contributed by atoms with Crippen LogP contribution in [0.25, 0.3) is 11.1 Å². The van der Waals surface area contributed by atoms with Crippen molar-refractivity contribution < 1.29 is 36.3 Å². The molecule has 4 rings (SSSR count). The van der Waals surface area contributed by atoms with Gasteiger partial charge in [0.15, 0.2) is 11.9 Å². The molecule has 1 saturated carbocycles. The third-order valence-corrected chi connectivity index (χ3v) is 7.14. The van der Waals surface area contributed by atoms with Crippen LogP contribution in [-0.4, -0.2) is 33.6 Å².